The number of aliphatic hydroxyl groups excluding tert-OH is 1. The molecule has 2 nitrogen and oxygen atoms in total. The second kappa shape index (κ2) is 5.93. The van der Waals surface area contributed by atoms with Crippen molar-refractivity contribution in [3.8, 4) is 5.75 Å². The molecule has 0 spiro atoms. The average Bonchev–Trinajstić information content (AvgIpc) is 2.30. The minimum Gasteiger partial charge on any atom is -0.543 e. The monoisotopic (exact) mass is 278 g/mol. The molecule has 0 saturated heterocycles. The van der Waals surface area contributed by atoms with Gasteiger partial charge < -0.3 is 9.53 Å². The lowest BCUT2D eigenvalue weighted by Gasteiger charge is -2.37. The molecule has 1 rings (SSSR count). The van der Waals surface area contributed by atoms with Crippen LogP contribution in [0.5, 0.6) is 5.75 Å². The fraction of sp³-hybridized carbons (Fsp3) is 0.500. The molecule has 0 saturated carbocycles. The molecule has 0 aliphatic heterocycles. The van der Waals surface area contributed by atoms with Crippen LogP contribution in [0.2, 0.25) is 18.1 Å². The van der Waals surface area contributed by atoms with E-state index in [4.69, 9.17) is 4.43 Å². The first-order chi connectivity index (χ1) is 8.71. The van der Waals surface area contributed by atoms with Crippen LogP contribution < -0.4 is 4.43 Å². The Hall–Kier alpha value is -1.06. The fourth-order valence-corrected chi connectivity index (χ4v) is 2.63. The van der Waals surface area contributed by atoms with E-state index >= 15 is 0 Å². The van der Waals surface area contributed by atoms with E-state index in [1.165, 1.54) is 0 Å². The van der Waals surface area contributed by atoms with Gasteiger partial charge in [-0.1, -0.05) is 32.9 Å². The Kier molecular flexibility index (Phi) is 4.99. The molecule has 0 aliphatic rings. The number of hydrogen-bond acceptors (Lipinski definition) is 2. The number of rotatable bonds is 5. The van der Waals surface area contributed by atoms with Gasteiger partial charge in [0.05, 0.1) is 6.61 Å². The summed E-state index contributed by atoms with van der Waals surface area (Å²) in [5, 5.41) is 9.40. The summed E-state index contributed by atoms with van der Waals surface area (Å²) in [7, 11) is -1.83. The molecule has 0 amide bonds. The van der Waals surface area contributed by atoms with Crippen molar-refractivity contribution in [3.63, 3.8) is 0 Å². The summed E-state index contributed by atoms with van der Waals surface area (Å²) in [5.74, 6) is 0.934. The lowest BCUT2D eigenvalue weighted by Crippen LogP contribution is -2.44. The topological polar surface area (TPSA) is 29.5 Å². The number of hydrogen-bond donors (Lipinski definition) is 1. The number of allylic oxidation sites excluding steroid dienone is 1. The van der Waals surface area contributed by atoms with E-state index < -0.39 is 8.32 Å². The van der Waals surface area contributed by atoms with Crippen LogP contribution in [-0.2, 0) is 13.0 Å². The Balaban J connectivity index is 3.10. The van der Waals surface area contributed by atoms with E-state index in [2.05, 4.69) is 40.4 Å². The third kappa shape index (κ3) is 3.95. The smallest absolute Gasteiger partial charge is 0.250 e. The zero-order valence-corrected chi connectivity index (χ0v) is 13.8. The molecule has 1 N–H and O–H groups in total. The molecule has 0 aliphatic carbocycles. The minimum absolute atomic E-state index is 0.0600. The molecule has 19 heavy (non-hydrogen) atoms. The van der Waals surface area contributed by atoms with Gasteiger partial charge in [-0.3, -0.25) is 0 Å². The van der Waals surface area contributed by atoms with Crippen LogP contribution in [0.3, 0.4) is 0 Å². The second-order valence-corrected chi connectivity index (χ2v) is 11.2. The summed E-state index contributed by atoms with van der Waals surface area (Å²) in [6.45, 7) is 15.0. The van der Waals surface area contributed by atoms with Gasteiger partial charge in [0.15, 0.2) is 0 Å². The van der Waals surface area contributed by atoms with E-state index in [0.717, 1.165) is 23.3 Å². The zero-order chi connectivity index (χ0) is 14.7. The van der Waals surface area contributed by atoms with Gasteiger partial charge in [0, 0.05) is 0 Å². The van der Waals surface area contributed by atoms with E-state index in [1.54, 1.807) is 0 Å². The maximum Gasteiger partial charge on any atom is 0.250 e. The molecular formula is C16H26O2Si. The molecule has 0 bridgehead atoms. The van der Waals surface area contributed by atoms with E-state index in [9.17, 15) is 5.11 Å². The highest BCUT2D eigenvalue weighted by molar-refractivity contribution is 6.74. The van der Waals surface area contributed by atoms with Crippen LogP contribution in [0, 0.1) is 0 Å². The highest BCUT2D eigenvalue weighted by Gasteiger charge is 2.39. The third-order valence-corrected chi connectivity index (χ3v) is 8.19. The Morgan fingerprint density at radius 2 is 1.95 bits per heavy atom. The van der Waals surface area contributed by atoms with Gasteiger partial charge in [0.25, 0.3) is 0 Å². The summed E-state index contributed by atoms with van der Waals surface area (Å²) in [6.07, 6.45) is 2.63. The van der Waals surface area contributed by atoms with Gasteiger partial charge in [-0.15, -0.1) is 6.58 Å². The fourth-order valence-electron chi connectivity index (χ4n) is 1.57. The van der Waals surface area contributed by atoms with Crippen molar-refractivity contribution < 1.29 is 9.53 Å². The van der Waals surface area contributed by atoms with Crippen molar-refractivity contribution in [2.45, 2.75) is 51.9 Å². The van der Waals surface area contributed by atoms with Gasteiger partial charge in [0.2, 0.25) is 8.32 Å². The normalized spacial score (nSPS) is 12.3. The predicted octanol–water partition coefficient (Wildman–Crippen LogP) is 4.29. The maximum atomic E-state index is 9.23. The Labute approximate surface area is 118 Å². The summed E-state index contributed by atoms with van der Waals surface area (Å²) in [4.78, 5) is 0. The quantitative estimate of drug-likeness (QED) is 0.643. The van der Waals surface area contributed by atoms with Crippen molar-refractivity contribution in [2.24, 2.45) is 0 Å². The predicted molar refractivity (Wildman–Crippen MR) is 84.1 cm³/mol. The highest BCUT2D eigenvalue weighted by atomic mass is 28.4. The van der Waals surface area contributed by atoms with Crippen molar-refractivity contribution in [1.29, 1.82) is 0 Å². The first kappa shape index (κ1) is 16.0. The molecule has 0 radical (unpaired) electrons. The van der Waals surface area contributed by atoms with Gasteiger partial charge in [0.1, 0.15) is 5.75 Å². The van der Waals surface area contributed by atoms with Crippen LogP contribution in [0.4, 0.5) is 0 Å². The first-order valence-corrected chi connectivity index (χ1v) is 9.64. The lowest BCUT2D eigenvalue weighted by molar-refractivity contribution is 0.281. The largest absolute Gasteiger partial charge is 0.543 e. The molecule has 0 heterocycles. The molecule has 106 valence electrons. The van der Waals surface area contributed by atoms with E-state index in [0.29, 0.717) is 0 Å². The molecule has 0 aromatic heterocycles. The Morgan fingerprint density at radius 3 is 2.42 bits per heavy atom. The van der Waals surface area contributed by atoms with Gasteiger partial charge in [-0.25, -0.2) is 0 Å². The van der Waals surface area contributed by atoms with Crippen LogP contribution >= 0.6 is 0 Å². The summed E-state index contributed by atoms with van der Waals surface area (Å²) in [6, 6.07) is 5.91. The average molecular weight is 278 g/mol. The van der Waals surface area contributed by atoms with E-state index in [-0.39, 0.29) is 11.6 Å². The molecule has 1 aromatic carbocycles. The van der Waals surface area contributed by atoms with Crippen molar-refractivity contribution in [1.82, 2.24) is 0 Å². The van der Waals surface area contributed by atoms with E-state index in [1.807, 2.05) is 24.3 Å². The van der Waals surface area contributed by atoms with Crippen molar-refractivity contribution in [2.75, 3.05) is 0 Å². The lowest BCUT2D eigenvalue weighted by atomic mass is 10.1. The first-order valence-electron chi connectivity index (χ1n) is 6.74. The molecule has 0 fully saturated rings. The summed E-state index contributed by atoms with van der Waals surface area (Å²) < 4.78 is 6.36. The molecule has 3 heteroatoms. The molecule has 0 atom stereocenters. The highest BCUT2D eigenvalue weighted by Crippen LogP contribution is 2.38. The Bertz CT molecular complexity index is 445. The SMILES string of the molecule is C=CCc1cc(CO)ccc1O[Si](C)(C)C(C)(C)C. The third-order valence-electron chi connectivity index (χ3n) is 3.84. The summed E-state index contributed by atoms with van der Waals surface area (Å²) in [5.41, 5.74) is 2.02. The minimum atomic E-state index is -1.83. The molecule has 1 aromatic rings. The molecular weight excluding hydrogens is 252 g/mol. The summed E-state index contributed by atoms with van der Waals surface area (Å²) >= 11 is 0. The number of aliphatic hydroxyl groups is 1. The Morgan fingerprint density at radius 1 is 1.32 bits per heavy atom. The van der Waals surface area contributed by atoms with Crippen LogP contribution in [0.15, 0.2) is 30.9 Å². The number of benzene rings is 1. The standard InChI is InChI=1S/C16H26O2Si/c1-7-8-14-11-13(12-17)9-10-15(14)18-19(5,6)16(2,3)4/h7,9-11,17H,1,8,12H2,2-6H3. The van der Waals surface area contributed by atoms with Gasteiger partial charge in [-0.2, -0.15) is 0 Å². The zero-order valence-electron chi connectivity index (χ0n) is 12.8. The molecule has 0 unspecified atom stereocenters. The van der Waals surface area contributed by atoms with Gasteiger partial charge >= 0.3 is 0 Å². The second-order valence-electron chi connectivity index (χ2n) is 6.46. The van der Waals surface area contributed by atoms with Crippen molar-refractivity contribution >= 4 is 8.32 Å². The van der Waals surface area contributed by atoms with Crippen LogP contribution in [0.1, 0.15) is 31.9 Å². The van der Waals surface area contributed by atoms with Crippen LogP contribution in [-0.4, -0.2) is 13.4 Å². The van der Waals surface area contributed by atoms with Gasteiger partial charge in [-0.05, 0) is 47.8 Å². The van der Waals surface area contributed by atoms with Crippen molar-refractivity contribution in [3.05, 3.63) is 42.0 Å². The van der Waals surface area contributed by atoms with Crippen LogP contribution in [0.25, 0.3) is 0 Å². The maximum absolute atomic E-state index is 9.23.